The highest BCUT2D eigenvalue weighted by molar-refractivity contribution is 5.98. The summed E-state index contributed by atoms with van der Waals surface area (Å²) in [6.45, 7) is 16.5. The normalized spacial score (nSPS) is 20.2. The summed E-state index contributed by atoms with van der Waals surface area (Å²) in [5.74, 6) is -2.95. The van der Waals surface area contributed by atoms with E-state index in [1.807, 2.05) is 27.7 Å². The molecule has 0 saturated carbocycles. The van der Waals surface area contributed by atoms with Crippen molar-refractivity contribution in [3.63, 3.8) is 0 Å². The highest BCUT2D eigenvalue weighted by atomic mass is 16.6. The van der Waals surface area contributed by atoms with Gasteiger partial charge < -0.3 is 31.1 Å². The van der Waals surface area contributed by atoms with Gasteiger partial charge in [-0.25, -0.2) is 9.59 Å². The molecule has 1 rings (SSSR count). The molecular formula is C26H46N4O7. The Morgan fingerprint density at radius 1 is 0.730 bits per heavy atom. The fraction of sp³-hybridized carbons (Fsp3) is 0.808. The van der Waals surface area contributed by atoms with Crippen LogP contribution in [0.4, 0.5) is 4.79 Å². The summed E-state index contributed by atoms with van der Waals surface area (Å²) in [5, 5.41) is 19.8. The van der Waals surface area contributed by atoms with Crippen molar-refractivity contribution >= 4 is 29.6 Å². The van der Waals surface area contributed by atoms with Crippen LogP contribution in [-0.2, 0) is 23.9 Å². The largest absolute Gasteiger partial charge is 0.480 e. The Kier molecular flexibility index (Phi) is 12.0. The van der Waals surface area contributed by atoms with Gasteiger partial charge in [-0.05, 0) is 43.4 Å². The predicted octanol–water partition coefficient (Wildman–Crippen LogP) is 1.84. The van der Waals surface area contributed by atoms with E-state index in [0.717, 1.165) is 0 Å². The number of ketones is 1. The summed E-state index contributed by atoms with van der Waals surface area (Å²) >= 11 is 0. The molecule has 37 heavy (non-hydrogen) atoms. The Hall–Kier alpha value is -2.69. The van der Waals surface area contributed by atoms with E-state index in [2.05, 4.69) is 21.3 Å². The van der Waals surface area contributed by atoms with E-state index in [1.165, 1.54) is 0 Å². The Morgan fingerprint density at radius 3 is 1.57 bits per heavy atom. The standard InChI is InChI=1S/C26H46N4O7/c1-13(2)10-17(21(31)26(9)12-37-26)27-22(32)18(11-14(3)4)28-23(33)19(15(5)6)29-25(36)30-20(16(7)8)24(34)35/h13-20H,10-12H2,1-9H3,(H,27,32)(H,28,33)(H,34,35)(H2,29,30,36)/t17-,18-,19-,20-,26+/m0/s1. The smallest absolute Gasteiger partial charge is 0.326 e. The molecule has 0 spiro atoms. The molecule has 11 nitrogen and oxygen atoms in total. The van der Waals surface area contributed by atoms with Crippen molar-refractivity contribution in [3.05, 3.63) is 0 Å². The third-order valence-corrected chi connectivity index (χ3v) is 6.23. The van der Waals surface area contributed by atoms with E-state index in [1.54, 1.807) is 34.6 Å². The van der Waals surface area contributed by atoms with Gasteiger partial charge in [0.25, 0.3) is 0 Å². The average molecular weight is 527 g/mol. The first-order valence-electron chi connectivity index (χ1n) is 13.1. The fourth-order valence-electron chi connectivity index (χ4n) is 3.93. The lowest BCUT2D eigenvalue weighted by Crippen LogP contribution is -2.59. The van der Waals surface area contributed by atoms with E-state index < -0.39 is 53.6 Å². The highest BCUT2D eigenvalue weighted by Crippen LogP contribution is 2.29. The van der Waals surface area contributed by atoms with Crippen molar-refractivity contribution in [3.8, 4) is 0 Å². The molecule has 0 aromatic heterocycles. The van der Waals surface area contributed by atoms with Gasteiger partial charge >= 0.3 is 12.0 Å². The number of carboxylic acid groups (broad SMARTS) is 1. The van der Waals surface area contributed by atoms with Crippen molar-refractivity contribution < 1.29 is 33.8 Å². The summed E-state index contributed by atoms with van der Waals surface area (Å²) in [5.41, 5.74) is -0.895. The van der Waals surface area contributed by atoms with E-state index in [0.29, 0.717) is 19.4 Å². The molecule has 1 aliphatic heterocycles. The molecule has 5 atom stereocenters. The van der Waals surface area contributed by atoms with Crippen LogP contribution in [0.2, 0.25) is 0 Å². The van der Waals surface area contributed by atoms with Crippen LogP contribution in [0.5, 0.6) is 0 Å². The number of amides is 4. The van der Waals surface area contributed by atoms with Crippen LogP contribution >= 0.6 is 0 Å². The Balaban J connectivity index is 3.00. The molecule has 0 radical (unpaired) electrons. The van der Waals surface area contributed by atoms with E-state index in [-0.39, 0.29) is 29.5 Å². The minimum absolute atomic E-state index is 0.0516. The molecule has 212 valence electrons. The Morgan fingerprint density at radius 2 is 1.16 bits per heavy atom. The predicted molar refractivity (Wildman–Crippen MR) is 139 cm³/mol. The number of ether oxygens (including phenoxy) is 1. The second kappa shape index (κ2) is 13.7. The molecule has 1 aliphatic rings. The number of hydrogen-bond acceptors (Lipinski definition) is 6. The van der Waals surface area contributed by atoms with Crippen LogP contribution in [0.15, 0.2) is 0 Å². The number of carbonyl (C=O) groups is 5. The van der Waals surface area contributed by atoms with E-state index >= 15 is 0 Å². The summed E-state index contributed by atoms with van der Waals surface area (Å²) in [6, 6.07) is -4.61. The van der Waals surface area contributed by atoms with Crippen LogP contribution < -0.4 is 21.3 Å². The topological polar surface area (TPSA) is 166 Å². The molecule has 0 bridgehead atoms. The zero-order chi connectivity index (χ0) is 28.7. The monoisotopic (exact) mass is 526 g/mol. The lowest BCUT2D eigenvalue weighted by molar-refractivity contribution is -0.140. The lowest BCUT2D eigenvalue weighted by Gasteiger charge is -2.28. The van der Waals surface area contributed by atoms with Crippen molar-refractivity contribution in [1.29, 1.82) is 0 Å². The first-order valence-corrected chi connectivity index (χ1v) is 13.1. The molecular weight excluding hydrogens is 480 g/mol. The van der Waals surface area contributed by atoms with Crippen LogP contribution in [0, 0.1) is 23.7 Å². The quantitative estimate of drug-likeness (QED) is 0.203. The third-order valence-electron chi connectivity index (χ3n) is 6.23. The molecule has 5 N–H and O–H groups in total. The first kappa shape index (κ1) is 32.3. The van der Waals surface area contributed by atoms with Crippen LogP contribution in [0.3, 0.4) is 0 Å². The maximum Gasteiger partial charge on any atom is 0.326 e. The van der Waals surface area contributed by atoms with Crippen molar-refractivity contribution in [1.82, 2.24) is 21.3 Å². The number of hydrogen-bond donors (Lipinski definition) is 5. The summed E-state index contributed by atoms with van der Waals surface area (Å²) in [6.07, 6.45) is 0.752. The van der Waals surface area contributed by atoms with Gasteiger partial charge in [-0.15, -0.1) is 0 Å². The second-order valence-electron chi connectivity index (χ2n) is 11.7. The summed E-state index contributed by atoms with van der Waals surface area (Å²) in [7, 11) is 0. The fourth-order valence-corrected chi connectivity index (χ4v) is 3.93. The number of rotatable bonds is 15. The van der Waals surface area contributed by atoms with Gasteiger partial charge in [-0.1, -0.05) is 55.4 Å². The van der Waals surface area contributed by atoms with Gasteiger partial charge in [0.1, 0.15) is 23.7 Å². The number of carbonyl (C=O) groups excluding carboxylic acids is 4. The summed E-state index contributed by atoms with van der Waals surface area (Å²) in [4.78, 5) is 63.4. The van der Waals surface area contributed by atoms with Gasteiger partial charge in [-0.2, -0.15) is 0 Å². The van der Waals surface area contributed by atoms with Gasteiger partial charge in [-0.3, -0.25) is 14.4 Å². The van der Waals surface area contributed by atoms with E-state index in [9.17, 15) is 29.1 Å². The van der Waals surface area contributed by atoms with Gasteiger partial charge in [0.05, 0.1) is 12.6 Å². The molecule has 1 heterocycles. The number of urea groups is 1. The van der Waals surface area contributed by atoms with Crippen molar-refractivity contribution in [2.24, 2.45) is 23.7 Å². The maximum atomic E-state index is 13.3. The molecule has 1 fully saturated rings. The third kappa shape index (κ3) is 10.3. The number of epoxide rings is 1. The zero-order valence-corrected chi connectivity index (χ0v) is 23.6. The Bertz CT molecular complexity index is 837. The average Bonchev–Trinajstić information content (AvgIpc) is 3.51. The maximum absolute atomic E-state index is 13.3. The highest BCUT2D eigenvalue weighted by Gasteiger charge is 2.50. The molecule has 11 heteroatoms. The van der Waals surface area contributed by atoms with Gasteiger partial charge in [0.2, 0.25) is 11.8 Å². The number of Topliss-reactive ketones (excluding diaryl/α,β-unsaturated/α-hetero) is 1. The molecule has 0 aromatic rings. The number of carboxylic acids is 1. The minimum atomic E-state index is -1.18. The number of nitrogens with one attached hydrogen (secondary N) is 4. The SMILES string of the molecule is CC(C)C[C@H](NC(=O)[C@@H](NC(=O)N[C@H](C(=O)O)C(C)C)C(C)C)C(=O)N[C@@H](CC(C)C)C(=O)[C@@]1(C)CO1. The zero-order valence-electron chi connectivity index (χ0n) is 23.6. The van der Waals surface area contributed by atoms with Gasteiger partial charge in [0.15, 0.2) is 5.78 Å². The van der Waals surface area contributed by atoms with Crippen LogP contribution in [-0.4, -0.2) is 71.1 Å². The van der Waals surface area contributed by atoms with Crippen LogP contribution in [0.25, 0.3) is 0 Å². The first-order chi connectivity index (χ1) is 17.0. The number of aliphatic carboxylic acids is 1. The molecule has 0 aliphatic carbocycles. The minimum Gasteiger partial charge on any atom is -0.480 e. The second-order valence-corrected chi connectivity index (χ2v) is 11.7. The van der Waals surface area contributed by atoms with Crippen molar-refractivity contribution in [2.75, 3.05) is 6.61 Å². The van der Waals surface area contributed by atoms with Crippen LogP contribution in [0.1, 0.15) is 75.2 Å². The lowest BCUT2D eigenvalue weighted by atomic mass is 9.92. The van der Waals surface area contributed by atoms with E-state index in [4.69, 9.17) is 4.74 Å². The molecule has 4 amide bonds. The molecule has 0 unspecified atom stereocenters. The van der Waals surface area contributed by atoms with Gasteiger partial charge in [0, 0.05) is 0 Å². The molecule has 0 aromatic carbocycles. The van der Waals surface area contributed by atoms with Crippen molar-refractivity contribution in [2.45, 2.75) is 105 Å². The molecule has 1 saturated heterocycles. The summed E-state index contributed by atoms with van der Waals surface area (Å²) < 4.78 is 5.29. The Labute approximate surface area is 220 Å².